The van der Waals surface area contributed by atoms with E-state index in [1.54, 1.807) is 24.3 Å². The maximum atomic E-state index is 12.7. The number of carbonyl (C=O) groups excluding carboxylic acids is 6. The van der Waals surface area contributed by atoms with Crippen LogP contribution in [0.25, 0.3) is 12.2 Å². The normalized spacial score (nSPS) is 15.1. The molecule has 1 aliphatic rings. The highest BCUT2D eigenvalue weighted by atomic mass is 16.6. The molecule has 0 bridgehead atoms. The lowest BCUT2D eigenvalue weighted by molar-refractivity contribution is -0.147. The van der Waals surface area contributed by atoms with Crippen LogP contribution in [0.2, 0.25) is 0 Å². The van der Waals surface area contributed by atoms with Gasteiger partial charge in [0.15, 0.2) is 0 Å². The molecule has 0 aliphatic heterocycles. The zero-order valence-electron chi connectivity index (χ0n) is 42.6. The summed E-state index contributed by atoms with van der Waals surface area (Å²) in [7, 11) is 6.07. The van der Waals surface area contributed by atoms with Gasteiger partial charge in [-0.15, -0.1) is 0 Å². The van der Waals surface area contributed by atoms with E-state index in [2.05, 4.69) is 34.4 Å². The number of carbonyl (C=O) groups is 6. The van der Waals surface area contributed by atoms with Crippen molar-refractivity contribution in [3.05, 3.63) is 137 Å². The Morgan fingerprint density at radius 3 is 1.05 bits per heavy atom. The molecule has 2 unspecified atom stereocenters. The number of hydrogen-bond donors (Lipinski definition) is 1. The molecular formula is C56H62N6O12. The molecule has 0 radical (unpaired) electrons. The summed E-state index contributed by atoms with van der Waals surface area (Å²) in [6.45, 7) is 13.9. The molecule has 18 heteroatoms. The van der Waals surface area contributed by atoms with Crippen LogP contribution in [0.15, 0.2) is 120 Å². The predicted molar refractivity (Wildman–Crippen MR) is 279 cm³/mol. The van der Waals surface area contributed by atoms with E-state index in [4.69, 9.17) is 33.8 Å². The first-order chi connectivity index (χ1) is 35.2. The molecule has 3 aromatic carbocycles. The van der Waals surface area contributed by atoms with Gasteiger partial charge in [0.1, 0.15) is 68.6 Å². The number of anilines is 3. The molecular weight excluding hydrogens is 949 g/mol. The Balaban J connectivity index is 1.52. The second-order valence-corrected chi connectivity index (χ2v) is 17.5. The van der Waals surface area contributed by atoms with Crippen LogP contribution in [0.5, 0.6) is 0 Å². The van der Waals surface area contributed by atoms with Crippen LogP contribution < -0.4 is 14.7 Å². The average molecular weight is 1010 g/mol. The molecule has 1 aliphatic carbocycles. The van der Waals surface area contributed by atoms with Crippen molar-refractivity contribution in [2.24, 2.45) is 0 Å². The van der Waals surface area contributed by atoms with Gasteiger partial charge >= 0.3 is 35.8 Å². The summed E-state index contributed by atoms with van der Waals surface area (Å²) >= 11 is 0. The highest BCUT2D eigenvalue weighted by Crippen LogP contribution is 2.35. The minimum Gasteiger partial charge on any atom is -0.459 e. The first-order valence-corrected chi connectivity index (χ1v) is 23.5. The van der Waals surface area contributed by atoms with E-state index in [-0.39, 0.29) is 97.8 Å². The Labute approximate surface area is 431 Å². The van der Waals surface area contributed by atoms with Crippen molar-refractivity contribution in [3.8, 4) is 12.1 Å². The molecule has 4 rings (SSSR count). The molecule has 0 saturated heterocycles. The topological polar surface area (TPSA) is 239 Å². The third-order valence-electron chi connectivity index (χ3n) is 11.8. The zero-order chi connectivity index (χ0) is 54.5. The number of benzene rings is 3. The molecule has 0 amide bonds. The minimum absolute atomic E-state index is 0.0134. The lowest BCUT2D eigenvalue weighted by Crippen LogP contribution is -2.52. The quantitative estimate of drug-likeness (QED) is 0.0223. The molecule has 0 aromatic heterocycles. The van der Waals surface area contributed by atoms with Gasteiger partial charge in [0.2, 0.25) is 0 Å². The van der Waals surface area contributed by atoms with E-state index in [0.29, 0.717) is 11.1 Å². The van der Waals surface area contributed by atoms with Gasteiger partial charge < -0.3 is 43.1 Å². The first-order valence-electron chi connectivity index (χ1n) is 23.5. The van der Waals surface area contributed by atoms with Crippen molar-refractivity contribution >= 4 is 70.7 Å². The van der Waals surface area contributed by atoms with Crippen molar-refractivity contribution in [2.45, 2.75) is 64.6 Å². The molecule has 1 saturated carbocycles. The number of hydrogen-bond acceptors (Lipinski definition) is 18. The average Bonchev–Trinajstić information content (AvgIpc) is 3.39. The van der Waals surface area contributed by atoms with Gasteiger partial charge in [0.25, 0.3) is 0 Å². The molecule has 388 valence electrons. The Morgan fingerprint density at radius 2 is 0.770 bits per heavy atom. The third-order valence-corrected chi connectivity index (χ3v) is 11.8. The van der Waals surface area contributed by atoms with E-state index in [1.165, 1.54) is 32.9 Å². The SMILES string of the molecule is C=C(C)C(=O)OCCOC(=O)C(=N)Cc1ccc(N(C)C2CC(N(C)c3ccc(C=C(C#N)C(=O)OCCOC(=O)C(=C)C)cc3)CC(N(C)c3ccc(C=C(C#N)C(=O)OCCOC(=O)C(=C)C)cc3)C2)cc1. The molecule has 0 heterocycles. The monoisotopic (exact) mass is 1010 g/mol. The fraction of sp³-hybridized carbons (Fsp3) is 0.339. The molecule has 1 N–H and O–H groups in total. The summed E-state index contributed by atoms with van der Waals surface area (Å²) in [6.07, 6.45) is 5.17. The van der Waals surface area contributed by atoms with Crippen LogP contribution in [-0.2, 0) is 63.6 Å². The summed E-state index contributed by atoms with van der Waals surface area (Å²) in [5.41, 5.74) is 4.58. The van der Waals surface area contributed by atoms with Crippen LogP contribution >= 0.6 is 0 Å². The fourth-order valence-electron chi connectivity index (χ4n) is 7.57. The van der Waals surface area contributed by atoms with Crippen molar-refractivity contribution in [1.29, 1.82) is 15.9 Å². The lowest BCUT2D eigenvalue weighted by Gasteiger charge is -2.47. The third kappa shape index (κ3) is 17.5. The summed E-state index contributed by atoms with van der Waals surface area (Å²) in [4.78, 5) is 79.3. The molecule has 0 spiro atoms. The highest BCUT2D eigenvalue weighted by Gasteiger charge is 2.35. The number of nitrogens with zero attached hydrogens (tertiary/aromatic N) is 5. The smallest absolute Gasteiger partial charge is 0.352 e. The zero-order valence-corrected chi connectivity index (χ0v) is 42.6. The first kappa shape index (κ1) is 57.8. The van der Waals surface area contributed by atoms with Crippen LogP contribution in [0.1, 0.15) is 56.7 Å². The van der Waals surface area contributed by atoms with Gasteiger partial charge in [0, 0.05) is 79.5 Å². The molecule has 3 aromatic rings. The summed E-state index contributed by atoms with van der Waals surface area (Å²) < 4.78 is 30.2. The Kier molecular flexibility index (Phi) is 22.1. The largest absolute Gasteiger partial charge is 0.459 e. The van der Waals surface area contributed by atoms with Crippen LogP contribution in [0.4, 0.5) is 17.1 Å². The second-order valence-electron chi connectivity index (χ2n) is 17.5. The molecule has 1 fully saturated rings. The van der Waals surface area contributed by atoms with E-state index in [0.717, 1.165) is 41.9 Å². The fourth-order valence-corrected chi connectivity index (χ4v) is 7.57. The summed E-state index contributed by atoms with van der Waals surface area (Å²) in [5.74, 6) is -4.33. The van der Waals surface area contributed by atoms with Gasteiger partial charge in [0.05, 0.1) is 0 Å². The standard InChI is InChI=1S/C56H62N6O12/c1-36(2)51(63)69-22-25-72-54(66)42(34-57)28-39-10-16-44(17-11-39)60(7)47-31-48(61(8)45-18-12-40(13-19-45)29-43(35-58)55(67)73-26-23-70-52(64)37(3)4)33-49(32-47)62(9)46-20-14-41(15-21-46)30-50(59)56(68)74-27-24-71-53(65)38(5)6/h10-21,28-29,47-49,59H,1,3,5,22-27,30-33H2,2,4,6-9H3. The second kappa shape index (κ2) is 28.3. The maximum absolute atomic E-state index is 12.7. The van der Waals surface area contributed by atoms with Gasteiger partial charge in [-0.05, 0) is 105 Å². The molecule has 2 atom stereocenters. The Morgan fingerprint density at radius 1 is 0.500 bits per heavy atom. The predicted octanol–water partition coefficient (Wildman–Crippen LogP) is 7.05. The van der Waals surface area contributed by atoms with Crippen molar-refractivity contribution in [1.82, 2.24) is 0 Å². The number of rotatable bonds is 25. The van der Waals surface area contributed by atoms with E-state index in [1.807, 2.05) is 81.8 Å². The van der Waals surface area contributed by atoms with Gasteiger partial charge in [-0.3, -0.25) is 5.41 Å². The Hall–Kier alpha value is -8.77. The number of nitrogens with one attached hydrogen (secondary N) is 1. The van der Waals surface area contributed by atoms with E-state index < -0.39 is 35.8 Å². The van der Waals surface area contributed by atoms with E-state index in [9.17, 15) is 39.3 Å². The highest BCUT2D eigenvalue weighted by molar-refractivity contribution is 6.35. The molecule has 18 nitrogen and oxygen atoms in total. The Bertz CT molecular complexity index is 2600. The van der Waals surface area contributed by atoms with Crippen LogP contribution in [0.3, 0.4) is 0 Å². The number of esters is 6. The lowest BCUT2D eigenvalue weighted by atomic mass is 9.84. The van der Waals surface area contributed by atoms with Crippen molar-refractivity contribution < 1.29 is 57.2 Å². The number of nitriles is 2. The van der Waals surface area contributed by atoms with Gasteiger partial charge in [-0.25, -0.2) is 28.8 Å². The summed E-state index contributed by atoms with van der Waals surface area (Å²) in [5, 5.41) is 27.8. The number of ether oxygens (including phenoxy) is 6. The van der Waals surface area contributed by atoms with Crippen LogP contribution in [0, 0.1) is 28.1 Å². The van der Waals surface area contributed by atoms with Crippen molar-refractivity contribution in [2.75, 3.05) is 75.5 Å². The van der Waals surface area contributed by atoms with Gasteiger partial charge in [-0.2, -0.15) is 10.5 Å². The molecule has 74 heavy (non-hydrogen) atoms. The van der Waals surface area contributed by atoms with Crippen LogP contribution in [-0.4, -0.2) is 120 Å². The summed E-state index contributed by atoms with van der Waals surface area (Å²) in [6, 6.07) is 26.3. The minimum atomic E-state index is -0.853. The maximum Gasteiger partial charge on any atom is 0.352 e. The van der Waals surface area contributed by atoms with E-state index >= 15 is 0 Å². The van der Waals surface area contributed by atoms with Crippen molar-refractivity contribution in [3.63, 3.8) is 0 Å². The van der Waals surface area contributed by atoms with Gasteiger partial charge in [-0.1, -0.05) is 56.1 Å².